The van der Waals surface area contributed by atoms with Crippen LogP contribution >= 0.6 is 0 Å². The van der Waals surface area contributed by atoms with Crippen LogP contribution in [0.15, 0.2) is 66.7 Å². The zero-order valence-electron chi connectivity index (χ0n) is 21.7. The van der Waals surface area contributed by atoms with Gasteiger partial charge in [0.2, 0.25) is 0 Å². The lowest BCUT2D eigenvalue weighted by Gasteiger charge is -2.23. The number of hydrogen-bond acceptors (Lipinski definition) is 5. The minimum atomic E-state index is -0.529. The molecular formula is C30H35NO5. The highest BCUT2D eigenvalue weighted by molar-refractivity contribution is 5.97. The summed E-state index contributed by atoms with van der Waals surface area (Å²) >= 11 is 0. The Morgan fingerprint density at radius 2 is 1.58 bits per heavy atom. The van der Waals surface area contributed by atoms with Crippen LogP contribution in [0.5, 0.6) is 11.5 Å². The predicted octanol–water partition coefficient (Wildman–Crippen LogP) is 5.95. The first-order chi connectivity index (χ1) is 17.2. The maximum absolute atomic E-state index is 13.6. The van der Waals surface area contributed by atoms with Gasteiger partial charge in [0.15, 0.2) is 6.61 Å². The fraction of sp³-hybridized carbons (Fsp3) is 0.333. The van der Waals surface area contributed by atoms with Gasteiger partial charge in [0.1, 0.15) is 18.1 Å². The molecule has 6 heteroatoms. The molecule has 0 bridgehead atoms. The van der Waals surface area contributed by atoms with E-state index in [1.165, 1.54) is 7.11 Å². The molecule has 1 N–H and O–H groups in total. The number of aryl methyl sites for hydroxylation is 2. The molecule has 1 unspecified atom stereocenters. The van der Waals surface area contributed by atoms with Gasteiger partial charge in [-0.3, -0.25) is 4.79 Å². The summed E-state index contributed by atoms with van der Waals surface area (Å²) in [6.07, 6.45) is 0.775. The Bertz CT molecular complexity index is 1150. The van der Waals surface area contributed by atoms with Crippen molar-refractivity contribution in [2.24, 2.45) is 5.92 Å². The van der Waals surface area contributed by atoms with Gasteiger partial charge < -0.3 is 19.5 Å². The molecule has 190 valence electrons. The van der Waals surface area contributed by atoms with Crippen LogP contribution < -0.4 is 14.8 Å². The monoisotopic (exact) mass is 489 g/mol. The van der Waals surface area contributed by atoms with E-state index in [1.807, 2.05) is 30.3 Å². The van der Waals surface area contributed by atoms with E-state index < -0.39 is 5.97 Å². The molecule has 0 radical (unpaired) electrons. The van der Waals surface area contributed by atoms with Gasteiger partial charge in [-0.15, -0.1) is 0 Å². The lowest BCUT2D eigenvalue weighted by atomic mass is 9.94. The van der Waals surface area contributed by atoms with Crippen molar-refractivity contribution in [1.82, 2.24) is 5.32 Å². The quantitative estimate of drug-likeness (QED) is 0.337. The summed E-state index contributed by atoms with van der Waals surface area (Å²) in [6.45, 7) is 8.43. The van der Waals surface area contributed by atoms with Crippen LogP contribution in [0.25, 0.3) is 0 Å². The van der Waals surface area contributed by atoms with Crippen LogP contribution in [-0.4, -0.2) is 25.6 Å². The number of nitrogens with one attached hydrogen (secondary N) is 1. The molecule has 0 aliphatic carbocycles. The van der Waals surface area contributed by atoms with Crippen molar-refractivity contribution in [3.63, 3.8) is 0 Å². The Kier molecular flexibility index (Phi) is 9.51. The van der Waals surface area contributed by atoms with Crippen LogP contribution in [0.1, 0.15) is 58.9 Å². The van der Waals surface area contributed by atoms with Gasteiger partial charge in [-0.1, -0.05) is 73.5 Å². The van der Waals surface area contributed by atoms with Crippen molar-refractivity contribution in [1.29, 1.82) is 0 Å². The van der Waals surface area contributed by atoms with E-state index in [-0.39, 0.29) is 24.3 Å². The fourth-order valence-electron chi connectivity index (χ4n) is 4.04. The number of hydrogen-bond donors (Lipinski definition) is 1. The zero-order chi connectivity index (χ0) is 26.1. The van der Waals surface area contributed by atoms with E-state index in [2.05, 4.69) is 55.9 Å². The number of carbonyl (C=O) groups is 2. The summed E-state index contributed by atoms with van der Waals surface area (Å²) in [4.78, 5) is 25.2. The molecule has 0 heterocycles. The average Bonchev–Trinajstić information content (AvgIpc) is 2.85. The first-order valence-corrected chi connectivity index (χ1v) is 12.1. The number of esters is 1. The maximum atomic E-state index is 13.6. The normalized spacial score (nSPS) is 11.6. The standard InChI is InChI=1S/C30H35NO5/c1-20(2)13-27(24-15-21(3)14-22(4)16-24)31-30(33)26-17-25(35-18-23-9-7-6-8-10-23)11-12-28(26)36-19-29(32)34-5/h6-12,14-17,20,27H,13,18-19H2,1-5H3,(H,31,33). The Hall–Kier alpha value is -3.80. The van der Waals surface area contributed by atoms with Crippen LogP contribution in [0.2, 0.25) is 0 Å². The topological polar surface area (TPSA) is 73.9 Å². The van der Waals surface area contributed by atoms with Gasteiger partial charge in [0, 0.05) is 0 Å². The van der Waals surface area contributed by atoms with E-state index in [0.29, 0.717) is 23.8 Å². The molecule has 0 saturated carbocycles. The lowest BCUT2D eigenvalue weighted by molar-refractivity contribution is -0.142. The third-order valence-electron chi connectivity index (χ3n) is 5.68. The second-order valence-electron chi connectivity index (χ2n) is 9.37. The number of amides is 1. The molecular weight excluding hydrogens is 454 g/mol. The number of methoxy groups -OCH3 is 1. The zero-order valence-corrected chi connectivity index (χ0v) is 21.7. The molecule has 0 aliphatic rings. The third-order valence-corrected chi connectivity index (χ3v) is 5.68. The van der Waals surface area contributed by atoms with Gasteiger partial charge >= 0.3 is 5.97 Å². The largest absolute Gasteiger partial charge is 0.489 e. The average molecular weight is 490 g/mol. The van der Waals surface area contributed by atoms with Gasteiger partial charge in [-0.2, -0.15) is 0 Å². The number of rotatable bonds is 11. The van der Waals surface area contributed by atoms with Crippen molar-refractivity contribution in [3.05, 3.63) is 94.5 Å². The van der Waals surface area contributed by atoms with E-state index in [0.717, 1.165) is 28.7 Å². The Morgan fingerprint density at radius 1 is 0.889 bits per heavy atom. The SMILES string of the molecule is COC(=O)COc1ccc(OCc2ccccc2)cc1C(=O)NC(CC(C)C)c1cc(C)cc(C)c1. The van der Waals surface area contributed by atoms with Gasteiger partial charge in [0.05, 0.1) is 18.7 Å². The molecule has 6 nitrogen and oxygen atoms in total. The molecule has 0 aliphatic heterocycles. The van der Waals surface area contributed by atoms with Crippen molar-refractivity contribution >= 4 is 11.9 Å². The summed E-state index contributed by atoms with van der Waals surface area (Å²) in [5.41, 5.74) is 4.66. The van der Waals surface area contributed by atoms with Crippen molar-refractivity contribution in [2.75, 3.05) is 13.7 Å². The smallest absolute Gasteiger partial charge is 0.343 e. The summed E-state index contributed by atoms with van der Waals surface area (Å²) in [5.74, 6) is 0.352. The number of ether oxygens (including phenoxy) is 3. The van der Waals surface area contributed by atoms with Gasteiger partial charge in [0.25, 0.3) is 5.91 Å². The lowest BCUT2D eigenvalue weighted by Crippen LogP contribution is -2.30. The van der Waals surface area contributed by atoms with Crippen LogP contribution in [-0.2, 0) is 16.1 Å². The molecule has 0 spiro atoms. The van der Waals surface area contributed by atoms with E-state index >= 15 is 0 Å². The van der Waals surface area contributed by atoms with Crippen molar-refractivity contribution < 1.29 is 23.8 Å². The Labute approximate surface area is 213 Å². The second kappa shape index (κ2) is 12.8. The van der Waals surface area contributed by atoms with Crippen LogP contribution in [0.3, 0.4) is 0 Å². The summed E-state index contributed by atoms with van der Waals surface area (Å²) in [5, 5.41) is 3.19. The molecule has 3 rings (SSSR count). The van der Waals surface area contributed by atoms with Gasteiger partial charge in [-0.05, 0) is 55.5 Å². The first-order valence-electron chi connectivity index (χ1n) is 12.1. The maximum Gasteiger partial charge on any atom is 0.343 e. The minimum Gasteiger partial charge on any atom is -0.489 e. The van der Waals surface area contributed by atoms with E-state index in [1.54, 1.807) is 18.2 Å². The number of carbonyl (C=O) groups excluding carboxylic acids is 2. The summed E-state index contributed by atoms with van der Waals surface area (Å²) in [6, 6.07) is 21.0. The minimum absolute atomic E-state index is 0.182. The summed E-state index contributed by atoms with van der Waals surface area (Å²) in [7, 11) is 1.29. The third kappa shape index (κ3) is 7.87. The van der Waals surface area contributed by atoms with Crippen LogP contribution in [0.4, 0.5) is 0 Å². The molecule has 1 atom stereocenters. The molecule has 0 aromatic heterocycles. The fourth-order valence-corrected chi connectivity index (χ4v) is 4.04. The number of benzene rings is 3. The first kappa shape index (κ1) is 26.8. The molecule has 3 aromatic rings. The van der Waals surface area contributed by atoms with E-state index in [9.17, 15) is 9.59 Å². The van der Waals surface area contributed by atoms with Crippen LogP contribution in [0, 0.1) is 19.8 Å². The van der Waals surface area contributed by atoms with Gasteiger partial charge in [-0.25, -0.2) is 4.79 Å². The second-order valence-corrected chi connectivity index (χ2v) is 9.37. The Morgan fingerprint density at radius 3 is 2.22 bits per heavy atom. The molecule has 3 aromatic carbocycles. The highest BCUT2D eigenvalue weighted by Crippen LogP contribution is 2.28. The Balaban J connectivity index is 1.88. The highest BCUT2D eigenvalue weighted by Gasteiger charge is 2.21. The van der Waals surface area contributed by atoms with Crippen molar-refractivity contribution in [3.8, 4) is 11.5 Å². The summed E-state index contributed by atoms with van der Waals surface area (Å²) < 4.78 is 16.3. The molecule has 0 fully saturated rings. The molecule has 1 amide bonds. The van der Waals surface area contributed by atoms with Crippen molar-refractivity contribution in [2.45, 2.75) is 46.8 Å². The predicted molar refractivity (Wildman–Crippen MR) is 140 cm³/mol. The highest BCUT2D eigenvalue weighted by atomic mass is 16.6. The van der Waals surface area contributed by atoms with E-state index in [4.69, 9.17) is 9.47 Å². The molecule has 0 saturated heterocycles. The molecule has 36 heavy (non-hydrogen) atoms.